The Labute approximate surface area is 243 Å². The number of ether oxygens (including phenoxy) is 1. The summed E-state index contributed by atoms with van der Waals surface area (Å²) in [4.78, 5) is 44.0. The smallest absolute Gasteiger partial charge is 0.291 e. The number of rotatable bonds is 10. The highest BCUT2D eigenvalue weighted by atomic mass is 35.5. The lowest BCUT2D eigenvalue weighted by Crippen LogP contribution is -2.53. The summed E-state index contributed by atoms with van der Waals surface area (Å²) in [5, 5.41) is 29.8. The van der Waals surface area contributed by atoms with Crippen molar-refractivity contribution in [1.29, 1.82) is 5.26 Å². The van der Waals surface area contributed by atoms with Crippen molar-refractivity contribution in [2.75, 3.05) is 38.1 Å². The number of carbonyl (C=O) groups is 3. The fourth-order valence-electron chi connectivity index (χ4n) is 4.18. The number of carbonyl (C=O) groups excluding carboxylic acids is 3. The van der Waals surface area contributed by atoms with Gasteiger partial charge < -0.3 is 36.1 Å². The van der Waals surface area contributed by atoms with Crippen molar-refractivity contribution in [3.8, 4) is 23.1 Å². The molecule has 42 heavy (non-hydrogen) atoms. The van der Waals surface area contributed by atoms with Crippen LogP contribution < -0.4 is 26.0 Å². The average Bonchev–Trinajstić information content (AvgIpc) is 3.46. The number of nitrogens with zero attached hydrogens (tertiary/aromatic N) is 2. The zero-order chi connectivity index (χ0) is 30.3. The zero-order valence-electron chi connectivity index (χ0n) is 22.0. The summed E-state index contributed by atoms with van der Waals surface area (Å²) in [5.41, 5.74) is -1.25. The van der Waals surface area contributed by atoms with Crippen LogP contribution in [0.4, 0.5) is 14.5 Å². The monoisotopic (exact) mass is 601 g/mol. The van der Waals surface area contributed by atoms with E-state index in [-0.39, 0.29) is 46.4 Å². The maximum atomic E-state index is 14.5. The van der Waals surface area contributed by atoms with Crippen molar-refractivity contribution in [3.63, 3.8) is 0 Å². The zero-order valence-corrected chi connectivity index (χ0v) is 22.8. The molecule has 4 rings (SSSR count). The molecule has 0 atom stereocenters. The number of imidazole rings is 1. The summed E-state index contributed by atoms with van der Waals surface area (Å²) in [6, 6.07) is 8.21. The minimum absolute atomic E-state index is 0.0227. The number of H-pyrrole nitrogens is 1. The minimum atomic E-state index is -1.43. The van der Waals surface area contributed by atoms with Crippen LogP contribution in [0.5, 0.6) is 5.75 Å². The summed E-state index contributed by atoms with van der Waals surface area (Å²) < 4.78 is 33.6. The van der Waals surface area contributed by atoms with E-state index in [1.54, 1.807) is 6.07 Å². The molecule has 0 saturated carbocycles. The number of halogens is 3. The molecule has 1 saturated heterocycles. The van der Waals surface area contributed by atoms with Gasteiger partial charge in [-0.25, -0.2) is 9.37 Å². The van der Waals surface area contributed by atoms with Crippen molar-refractivity contribution in [2.24, 2.45) is 0 Å². The van der Waals surface area contributed by atoms with Gasteiger partial charge in [0.25, 0.3) is 17.7 Å². The molecule has 0 bridgehead atoms. The van der Waals surface area contributed by atoms with Crippen LogP contribution in [0.2, 0.25) is 5.02 Å². The molecule has 1 aliphatic rings. The van der Waals surface area contributed by atoms with E-state index in [0.29, 0.717) is 25.9 Å². The van der Waals surface area contributed by atoms with Crippen LogP contribution in [0.1, 0.15) is 33.8 Å². The minimum Gasteiger partial charge on any atom is -0.476 e. The quantitative estimate of drug-likeness (QED) is 0.191. The number of aromatic amines is 1. The Kier molecular flexibility index (Phi) is 9.68. The molecule has 1 aromatic heterocycles. The summed E-state index contributed by atoms with van der Waals surface area (Å²) >= 11 is 6.25. The molecule has 12 nitrogen and oxygen atoms in total. The van der Waals surface area contributed by atoms with Gasteiger partial charge in [0, 0.05) is 24.3 Å². The number of hydrogen-bond acceptors (Lipinski definition) is 8. The number of hydrogen-bond donors (Lipinski definition) is 6. The Hall–Kier alpha value is -4.58. The Morgan fingerprint density at radius 3 is 2.55 bits per heavy atom. The molecule has 3 aromatic rings. The second-order valence-corrected chi connectivity index (χ2v) is 9.68. The fourth-order valence-corrected chi connectivity index (χ4v) is 4.45. The molecular weight excluding hydrogens is 576 g/mol. The first-order valence-corrected chi connectivity index (χ1v) is 13.1. The highest BCUT2D eigenvalue weighted by molar-refractivity contribution is 6.34. The van der Waals surface area contributed by atoms with E-state index in [2.05, 4.69) is 31.2 Å². The number of nitriles is 1. The topological polar surface area (TPSA) is 181 Å². The van der Waals surface area contributed by atoms with Crippen molar-refractivity contribution in [2.45, 2.75) is 18.4 Å². The van der Waals surface area contributed by atoms with E-state index in [4.69, 9.17) is 21.6 Å². The molecule has 1 aliphatic heterocycles. The predicted octanol–water partition coefficient (Wildman–Crippen LogP) is 2.12. The number of aromatic nitrogens is 2. The normalized spacial score (nSPS) is 14.0. The Bertz CT molecular complexity index is 1540. The van der Waals surface area contributed by atoms with Gasteiger partial charge in [0.05, 0.1) is 22.5 Å². The molecule has 0 aliphatic carbocycles. The van der Waals surface area contributed by atoms with Crippen LogP contribution in [-0.2, 0) is 4.79 Å². The maximum absolute atomic E-state index is 14.5. The van der Waals surface area contributed by atoms with E-state index in [1.807, 2.05) is 0 Å². The molecule has 0 unspecified atom stereocenters. The molecule has 15 heteroatoms. The van der Waals surface area contributed by atoms with Gasteiger partial charge in [-0.3, -0.25) is 14.4 Å². The standard InChI is InChI=1S/C27H26ClF2N7O5/c28-18-13-15(1-2-16(18)24(38)33-10-11-34-26(40)27(41)5-8-32-9-6-27)36-25(39)23-35-14-19(37-23)17-3-4-20(42-12-7-31)22(30)21(17)29/h1-4,13-14,32,41H,5-6,8-12H2,(H,33,38)(H,34,40)(H,35,37)(H,36,39). The number of anilines is 1. The van der Waals surface area contributed by atoms with Crippen LogP contribution in [0.3, 0.4) is 0 Å². The number of piperidine rings is 1. The van der Waals surface area contributed by atoms with E-state index in [0.717, 1.165) is 12.3 Å². The van der Waals surface area contributed by atoms with Crippen LogP contribution in [0.15, 0.2) is 36.5 Å². The third-order valence-electron chi connectivity index (χ3n) is 6.44. The highest BCUT2D eigenvalue weighted by Gasteiger charge is 2.36. The molecule has 2 aromatic carbocycles. The van der Waals surface area contributed by atoms with E-state index >= 15 is 0 Å². The van der Waals surface area contributed by atoms with Gasteiger partial charge in [-0.05, 0) is 56.3 Å². The van der Waals surface area contributed by atoms with E-state index < -0.39 is 47.3 Å². The summed E-state index contributed by atoms with van der Waals surface area (Å²) in [7, 11) is 0. The van der Waals surface area contributed by atoms with Crippen molar-refractivity contribution < 1.29 is 33.0 Å². The van der Waals surface area contributed by atoms with Gasteiger partial charge >= 0.3 is 0 Å². The molecule has 0 radical (unpaired) electrons. The van der Waals surface area contributed by atoms with Crippen molar-refractivity contribution >= 4 is 35.0 Å². The first-order valence-electron chi connectivity index (χ1n) is 12.8. The third-order valence-corrected chi connectivity index (χ3v) is 6.75. The van der Waals surface area contributed by atoms with Gasteiger partial charge in [0.1, 0.15) is 11.7 Å². The van der Waals surface area contributed by atoms with Crippen molar-refractivity contribution in [1.82, 2.24) is 25.9 Å². The van der Waals surface area contributed by atoms with Crippen LogP contribution in [0.25, 0.3) is 11.3 Å². The molecule has 220 valence electrons. The summed E-state index contributed by atoms with van der Waals surface area (Å²) in [5.74, 6) is -4.88. The van der Waals surface area contributed by atoms with Gasteiger partial charge in [-0.15, -0.1) is 0 Å². The first-order chi connectivity index (χ1) is 20.1. The Morgan fingerprint density at radius 1 is 1.10 bits per heavy atom. The van der Waals surface area contributed by atoms with Crippen LogP contribution >= 0.6 is 11.6 Å². The molecular formula is C27H26ClF2N7O5. The second kappa shape index (κ2) is 13.4. The highest BCUT2D eigenvalue weighted by Crippen LogP contribution is 2.29. The Balaban J connectivity index is 1.31. The lowest BCUT2D eigenvalue weighted by molar-refractivity contribution is -0.142. The molecule has 3 amide bonds. The molecule has 6 N–H and O–H groups in total. The lowest BCUT2D eigenvalue weighted by Gasteiger charge is -2.31. The van der Waals surface area contributed by atoms with Crippen LogP contribution in [-0.4, -0.2) is 71.2 Å². The van der Waals surface area contributed by atoms with Crippen LogP contribution in [0, 0.1) is 23.0 Å². The summed E-state index contributed by atoms with van der Waals surface area (Å²) in [6.45, 7) is 0.816. The van der Waals surface area contributed by atoms with Gasteiger partial charge in [-0.2, -0.15) is 9.65 Å². The largest absolute Gasteiger partial charge is 0.476 e. The molecule has 2 heterocycles. The average molecular weight is 602 g/mol. The SMILES string of the molecule is N#CCOc1ccc(-c2cnc(C(=O)Nc3ccc(C(=O)NCCNC(=O)C4(O)CCNCC4)c(Cl)c3)[nH]2)c(F)c1F. The van der Waals surface area contributed by atoms with Gasteiger partial charge in [0.2, 0.25) is 5.82 Å². The second-order valence-electron chi connectivity index (χ2n) is 9.27. The third kappa shape index (κ3) is 7.00. The number of aliphatic hydroxyl groups is 1. The molecule has 0 spiro atoms. The van der Waals surface area contributed by atoms with Gasteiger partial charge in [0.15, 0.2) is 24.0 Å². The number of benzene rings is 2. The first kappa shape index (κ1) is 30.4. The fraction of sp³-hybridized carbons (Fsp3) is 0.296. The van der Waals surface area contributed by atoms with Gasteiger partial charge in [-0.1, -0.05) is 11.6 Å². The summed E-state index contributed by atoms with van der Waals surface area (Å²) in [6.07, 6.45) is 1.76. The Morgan fingerprint density at radius 2 is 1.83 bits per heavy atom. The van der Waals surface area contributed by atoms with E-state index in [9.17, 15) is 28.3 Å². The maximum Gasteiger partial charge on any atom is 0.291 e. The number of nitrogens with one attached hydrogen (secondary N) is 5. The lowest BCUT2D eigenvalue weighted by atomic mass is 9.91. The van der Waals surface area contributed by atoms with Crippen molar-refractivity contribution in [3.05, 3.63) is 64.6 Å². The van der Waals surface area contributed by atoms with E-state index in [1.165, 1.54) is 24.3 Å². The number of amides is 3. The predicted molar refractivity (Wildman–Crippen MR) is 147 cm³/mol. The molecule has 1 fully saturated rings.